The minimum Gasteiger partial charge on any atom is -0.329 e. The summed E-state index contributed by atoms with van der Waals surface area (Å²) in [5, 5.41) is 0. The Morgan fingerprint density at radius 1 is 1.46 bits per heavy atom. The maximum absolute atomic E-state index is 11.1. The number of hydrogen-bond donors (Lipinski definition) is 1. The van der Waals surface area contributed by atoms with Crippen molar-refractivity contribution in [1.82, 2.24) is 0 Å². The molecule has 1 N–H and O–H groups in total. The van der Waals surface area contributed by atoms with E-state index in [1.807, 2.05) is 21.1 Å². The van der Waals surface area contributed by atoms with Gasteiger partial charge in [-0.05, 0) is 6.92 Å². The highest BCUT2D eigenvalue weighted by Gasteiger charge is 2.16. The van der Waals surface area contributed by atoms with Gasteiger partial charge in [0.25, 0.3) is 0 Å². The van der Waals surface area contributed by atoms with Gasteiger partial charge >= 0.3 is 7.60 Å². The van der Waals surface area contributed by atoms with E-state index in [4.69, 9.17) is 9.42 Å². The monoisotopic (exact) mass is 208 g/mol. The topological polar surface area (TPSA) is 46.5 Å². The molecule has 0 aliphatic carbocycles. The van der Waals surface area contributed by atoms with Gasteiger partial charge < -0.3 is 9.38 Å². The standard InChI is InChI=1S/C8H18NO3P/c1-5-8-13(10,11)12-7-6-9(2,3)4/h5,8H,6-7H2,1-4H3/p+1. The Balaban J connectivity index is 3.84. The van der Waals surface area contributed by atoms with Gasteiger partial charge in [-0.1, -0.05) is 6.08 Å². The molecule has 1 unspecified atom stereocenters. The molecule has 4 nitrogen and oxygen atoms in total. The smallest absolute Gasteiger partial charge is 0.329 e. The first-order valence-corrected chi connectivity index (χ1v) is 5.83. The fourth-order valence-electron chi connectivity index (χ4n) is 0.677. The van der Waals surface area contributed by atoms with Crippen LogP contribution in [0.25, 0.3) is 0 Å². The Hall–Kier alpha value is -0.150. The van der Waals surface area contributed by atoms with Crippen LogP contribution in [-0.2, 0) is 9.09 Å². The van der Waals surface area contributed by atoms with Gasteiger partial charge in [-0.3, -0.25) is 9.09 Å². The predicted molar refractivity (Wildman–Crippen MR) is 53.5 cm³/mol. The molecular weight excluding hydrogens is 189 g/mol. The van der Waals surface area contributed by atoms with Crippen molar-refractivity contribution < 1.29 is 18.5 Å². The van der Waals surface area contributed by atoms with Crippen molar-refractivity contribution in [2.45, 2.75) is 6.92 Å². The molecule has 1 atom stereocenters. The van der Waals surface area contributed by atoms with Crippen molar-refractivity contribution in [1.29, 1.82) is 0 Å². The molecule has 0 aromatic heterocycles. The summed E-state index contributed by atoms with van der Waals surface area (Å²) in [6.45, 7) is 2.69. The van der Waals surface area contributed by atoms with Crippen molar-refractivity contribution in [3.8, 4) is 0 Å². The minimum absolute atomic E-state index is 0.293. The summed E-state index contributed by atoms with van der Waals surface area (Å²) in [4.78, 5) is 9.15. The second-order valence-corrected chi connectivity index (χ2v) is 5.58. The SMILES string of the molecule is CC=CP(=O)(O)OCC[N+](C)(C)C. The van der Waals surface area contributed by atoms with Gasteiger partial charge in [0.1, 0.15) is 13.2 Å². The van der Waals surface area contributed by atoms with Crippen LogP contribution < -0.4 is 0 Å². The number of allylic oxidation sites excluding steroid dienone is 1. The lowest BCUT2D eigenvalue weighted by atomic mass is 10.5. The lowest BCUT2D eigenvalue weighted by molar-refractivity contribution is -0.870. The molecule has 0 fully saturated rings. The third-order valence-electron chi connectivity index (χ3n) is 1.38. The minimum atomic E-state index is -3.47. The maximum Gasteiger partial charge on any atom is 0.351 e. The number of nitrogens with zero attached hydrogens (tertiary/aromatic N) is 1. The van der Waals surface area contributed by atoms with Crippen LogP contribution in [0.2, 0.25) is 0 Å². The van der Waals surface area contributed by atoms with Gasteiger partial charge in [-0.15, -0.1) is 0 Å². The molecule has 0 aliphatic rings. The van der Waals surface area contributed by atoms with E-state index < -0.39 is 7.60 Å². The van der Waals surface area contributed by atoms with Crippen molar-refractivity contribution >= 4 is 7.60 Å². The quantitative estimate of drug-likeness (QED) is 0.549. The molecule has 78 valence electrons. The van der Waals surface area contributed by atoms with E-state index in [1.54, 1.807) is 6.92 Å². The Morgan fingerprint density at radius 3 is 2.38 bits per heavy atom. The molecule has 0 aliphatic heterocycles. The van der Waals surface area contributed by atoms with E-state index >= 15 is 0 Å². The molecule has 0 bridgehead atoms. The average Bonchev–Trinajstić information content (AvgIpc) is 1.82. The largest absolute Gasteiger partial charge is 0.351 e. The molecule has 0 saturated carbocycles. The third-order valence-corrected chi connectivity index (χ3v) is 2.60. The van der Waals surface area contributed by atoms with Crippen LogP contribution in [0.5, 0.6) is 0 Å². The number of quaternary nitrogens is 1. The molecular formula is C8H19NO3P+. The van der Waals surface area contributed by atoms with Crippen LogP contribution >= 0.6 is 7.60 Å². The number of likely N-dealkylation sites (N-methyl/N-ethyl adjacent to an activating group) is 1. The van der Waals surface area contributed by atoms with Crippen molar-refractivity contribution in [3.63, 3.8) is 0 Å². The molecule has 0 spiro atoms. The summed E-state index contributed by atoms with van der Waals surface area (Å²) in [5.41, 5.74) is 0. The Labute approximate surface area is 79.9 Å². The van der Waals surface area contributed by atoms with E-state index in [0.717, 1.165) is 4.48 Å². The van der Waals surface area contributed by atoms with Crippen LogP contribution in [0, 0.1) is 0 Å². The Kier molecular flexibility index (Phi) is 4.86. The first kappa shape index (κ1) is 12.8. The number of rotatable bonds is 5. The second kappa shape index (κ2) is 4.91. The summed E-state index contributed by atoms with van der Waals surface area (Å²) in [6, 6.07) is 0. The first-order valence-electron chi connectivity index (χ1n) is 4.18. The zero-order valence-corrected chi connectivity index (χ0v) is 9.62. The van der Waals surface area contributed by atoms with E-state index in [0.29, 0.717) is 13.2 Å². The van der Waals surface area contributed by atoms with Crippen LogP contribution in [0.4, 0.5) is 0 Å². The fourth-order valence-corrected chi connectivity index (χ4v) is 1.48. The summed E-state index contributed by atoms with van der Waals surface area (Å²) < 4.78 is 16.7. The summed E-state index contributed by atoms with van der Waals surface area (Å²) >= 11 is 0. The average molecular weight is 208 g/mol. The predicted octanol–water partition coefficient (Wildman–Crippen LogP) is 1.43. The zero-order chi connectivity index (χ0) is 10.5. The lowest BCUT2D eigenvalue weighted by Crippen LogP contribution is -2.37. The Bertz CT molecular complexity index is 220. The second-order valence-electron chi connectivity index (χ2n) is 3.89. The first-order chi connectivity index (χ1) is 5.77. The van der Waals surface area contributed by atoms with Crippen LogP contribution in [0.1, 0.15) is 6.92 Å². The fraction of sp³-hybridized carbons (Fsp3) is 0.750. The van der Waals surface area contributed by atoms with E-state index in [-0.39, 0.29) is 0 Å². The van der Waals surface area contributed by atoms with Gasteiger partial charge in [0.15, 0.2) is 0 Å². The van der Waals surface area contributed by atoms with Gasteiger partial charge in [-0.2, -0.15) is 0 Å². The van der Waals surface area contributed by atoms with E-state index in [9.17, 15) is 4.57 Å². The van der Waals surface area contributed by atoms with Crippen LogP contribution in [-0.4, -0.2) is 43.7 Å². The molecule has 0 aromatic rings. The molecule has 13 heavy (non-hydrogen) atoms. The molecule has 0 heterocycles. The molecule has 0 rings (SSSR count). The zero-order valence-electron chi connectivity index (χ0n) is 8.73. The van der Waals surface area contributed by atoms with Gasteiger partial charge in [0.2, 0.25) is 0 Å². The van der Waals surface area contributed by atoms with Crippen molar-refractivity contribution in [2.75, 3.05) is 34.3 Å². The van der Waals surface area contributed by atoms with Crippen molar-refractivity contribution in [3.05, 3.63) is 11.9 Å². The highest BCUT2D eigenvalue weighted by atomic mass is 31.2. The van der Waals surface area contributed by atoms with Gasteiger partial charge in [-0.25, -0.2) is 0 Å². The van der Waals surface area contributed by atoms with Crippen molar-refractivity contribution in [2.24, 2.45) is 0 Å². The van der Waals surface area contributed by atoms with E-state index in [1.165, 1.54) is 11.9 Å². The van der Waals surface area contributed by atoms with Gasteiger partial charge in [0.05, 0.1) is 21.1 Å². The third kappa shape index (κ3) is 8.19. The normalized spacial score (nSPS) is 17.6. The molecule has 0 aromatic carbocycles. The number of hydrogen-bond acceptors (Lipinski definition) is 2. The van der Waals surface area contributed by atoms with E-state index in [2.05, 4.69) is 0 Å². The Morgan fingerprint density at radius 2 is 2.00 bits per heavy atom. The summed E-state index contributed by atoms with van der Waals surface area (Å²) in [6.07, 6.45) is 1.52. The van der Waals surface area contributed by atoms with Crippen LogP contribution in [0.15, 0.2) is 11.9 Å². The van der Waals surface area contributed by atoms with Gasteiger partial charge in [0, 0.05) is 5.82 Å². The molecule has 0 radical (unpaired) electrons. The molecule has 0 saturated heterocycles. The highest BCUT2D eigenvalue weighted by Crippen LogP contribution is 2.43. The summed E-state index contributed by atoms with van der Waals surface area (Å²) in [5.74, 6) is 1.20. The summed E-state index contributed by atoms with van der Waals surface area (Å²) in [7, 11) is 2.53. The highest BCUT2D eigenvalue weighted by molar-refractivity contribution is 7.56. The maximum atomic E-state index is 11.1. The lowest BCUT2D eigenvalue weighted by Gasteiger charge is -2.23. The van der Waals surface area contributed by atoms with Crippen LogP contribution in [0.3, 0.4) is 0 Å². The molecule has 0 amide bonds. The molecule has 5 heteroatoms.